The molecule has 1 aliphatic heterocycles. The Hall–Kier alpha value is -1.18. The number of benzene rings is 1. The van der Waals surface area contributed by atoms with E-state index >= 15 is 0 Å². The van der Waals surface area contributed by atoms with Gasteiger partial charge in [0.1, 0.15) is 5.82 Å². The number of nitrogen functional groups attached to an aromatic ring is 1. The molecule has 0 bridgehead atoms. The molecule has 0 aromatic heterocycles. The fraction of sp³-hybridized carbons (Fsp3) is 0.538. The van der Waals surface area contributed by atoms with E-state index in [9.17, 15) is 12.8 Å². The first-order chi connectivity index (χ1) is 9.30. The van der Waals surface area contributed by atoms with Crippen molar-refractivity contribution in [3.05, 3.63) is 24.0 Å². The number of likely N-dealkylation sites (tertiary alicyclic amines) is 1. The van der Waals surface area contributed by atoms with Crippen LogP contribution in [0.2, 0.25) is 0 Å². The lowest BCUT2D eigenvalue weighted by Crippen LogP contribution is -2.33. The summed E-state index contributed by atoms with van der Waals surface area (Å²) < 4.78 is 39.4. The monoisotopic (exact) mass is 301 g/mol. The van der Waals surface area contributed by atoms with E-state index in [-0.39, 0.29) is 10.6 Å². The van der Waals surface area contributed by atoms with E-state index in [1.165, 1.54) is 23.5 Å². The molecule has 0 aliphatic carbocycles. The highest BCUT2D eigenvalue weighted by Crippen LogP contribution is 2.22. The van der Waals surface area contributed by atoms with Crippen molar-refractivity contribution in [3.63, 3.8) is 0 Å². The maximum Gasteiger partial charge on any atom is 0.242 e. The minimum atomic E-state index is -3.66. The summed E-state index contributed by atoms with van der Waals surface area (Å²) in [6.45, 7) is 2.31. The first-order valence-electron chi connectivity index (χ1n) is 6.50. The highest BCUT2D eigenvalue weighted by Gasteiger charge is 2.27. The summed E-state index contributed by atoms with van der Waals surface area (Å²) in [4.78, 5) is 2.12. The van der Waals surface area contributed by atoms with Gasteiger partial charge in [0.25, 0.3) is 0 Å². The summed E-state index contributed by atoms with van der Waals surface area (Å²) in [7, 11) is -0.117. The molecule has 1 fully saturated rings. The molecular weight excluding hydrogens is 281 g/mol. The molecule has 20 heavy (non-hydrogen) atoms. The number of anilines is 1. The molecule has 2 N–H and O–H groups in total. The smallest absolute Gasteiger partial charge is 0.242 e. The van der Waals surface area contributed by atoms with Gasteiger partial charge in [-0.05, 0) is 44.1 Å². The number of nitrogens with zero attached hydrogens (tertiary/aromatic N) is 2. The summed E-state index contributed by atoms with van der Waals surface area (Å²) in [5.74, 6) is -0.390. The first-order valence-corrected chi connectivity index (χ1v) is 7.94. The van der Waals surface area contributed by atoms with Crippen LogP contribution in [0.1, 0.15) is 6.42 Å². The third-order valence-electron chi connectivity index (χ3n) is 3.68. The van der Waals surface area contributed by atoms with Crippen molar-refractivity contribution >= 4 is 15.7 Å². The van der Waals surface area contributed by atoms with Crippen molar-refractivity contribution in [2.75, 3.05) is 39.5 Å². The summed E-state index contributed by atoms with van der Waals surface area (Å²) in [6.07, 6.45) is 0.979. The Labute approximate surface area is 119 Å². The fourth-order valence-corrected chi connectivity index (χ4v) is 3.74. The molecule has 1 atom stereocenters. The summed E-state index contributed by atoms with van der Waals surface area (Å²) in [6, 6.07) is 3.59. The summed E-state index contributed by atoms with van der Waals surface area (Å²) in [5.41, 5.74) is 5.31. The van der Waals surface area contributed by atoms with Crippen LogP contribution >= 0.6 is 0 Å². The predicted molar refractivity (Wildman–Crippen MR) is 76.2 cm³/mol. The molecule has 1 unspecified atom stereocenters. The number of halogens is 1. The maximum absolute atomic E-state index is 13.4. The van der Waals surface area contributed by atoms with Gasteiger partial charge in [-0.3, -0.25) is 0 Å². The third kappa shape index (κ3) is 3.11. The first kappa shape index (κ1) is 15.2. The standard InChI is InChI=1S/C13H20FN3O2S/c1-16-6-5-10(8-16)9-17(2)20(18,19)11-3-4-13(15)12(14)7-11/h3-4,7,10H,5-6,8-9,15H2,1-2H3. The Morgan fingerprint density at radius 3 is 2.75 bits per heavy atom. The van der Waals surface area contributed by atoms with Crippen LogP contribution in [0.5, 0.6) is 0 Å². The Balaban J connectivity index is 2.14. The van der Waals surface area contributed by atoms with Crippen LogP contribution in [0.4, 0.5) is 10.1 Å². The summed E-state index contributed by atoms with van der Waals surface area (Å²) in [5, 5.41) is 0. The molecule has 1 saturated heterocycles. The molecule has 1 aromatic rings. The topological polar surface area (TPSA) is 66.6 Å². The largest absolute Gasteiger partial charge is 0.396 e. The van der Waals surface area contributed by atoms with E-state index in [0.717, 1.165) is 25.6 Å². The molecule has 0 amide bonds. The number of sulfonamides is 1. The van der Waals surface area contributed by atoms with Gasteiger partial charge >= 0.3 is 0 Å². The Morgan fingerprint density at radius 2 is 2.20 bits per heavy atom. The SMILES string of the molecule is CN1CCC(CN(C)S(=O)(=O)c2ccc(N)c(F)c2)C1. The maximum atomic E-state index is 13.4. The Bertz CT molecular complexity index is 591. The number of nitrogens with two attached hydrogens (primary N) is 1. The average Bonchev–Trinajstić information content (AvgIpc) is 2.78. The molecule has 0 saturated carbocycles. The third-order valence-corrected chi connectivity index (χ3v) is 5.50. The van der Waals surface area contributed by atoms with Gasteiger partial charge in [-0.1, -0.05) is 0 Å². The van der Waals surface area contributed by atoms with Crippen LogP contribution in [0.15, 0.2) is 23.1 Å². The minimum Gasteiger partial charge on any atom is -0.396 e. The Kier molecular flexibility index (Phi) is 4.31. The lowest BCUT2D eigenvalue weighted by molar-refractivity contribution is 0.356. The number of hydrogen-bond donors (Lipinski definition) is 1. The molecule has 5 nitrogen and oxygen atoms in total. The van der Waals surface area contributed by atoms with Gasteiger partial charge in [0.2, 0.25) is 10.0 Å². The Morgan fingerprint density at radius 1 is 1.50 bits per heavy atom. The minimum absolute atomic E-state index is 0.0518. The van der Waals surface area contributed by atoms with Crippen molar-refractivity contribution in [2.24, 2.45) is 5.92 Å². The average molecular weight is 301 g/mol. The highest BCUT2D eigenvalue weighted by atomic mass is 32.2. The van der Waals surface area contributed by atoms with Gasteiger partial charge in [0, 0.05) is 20.1 Å². The van der Waals surface area contributed by atoms with Crippen molar-refractivity contribution < 1.29 is 12.8 Å². The van der Waals surface area contributed by atoms with Gasteiger partial charge in [0.15, 0.2) is 0 Å². The molecule has 1 aliphatic rings. The molecule has 0 spiro atoms. The van der Waals surface area contributed by atoms with Crippen LogP contribution in [0, 0.1) is 11.7 Å². The van der Waals surface area contributed by atoms with E-state index in [4.69, 9.17) is 5.73 Å². The molecule has 7 heteroatoms. The predicted octanol–water partition coefficient (Wildman–Crippen LogP) is 0.980. The van der Waals surface area contributed by atoms with E-state index in [1.54, 1.807) is 0 Å². The normalized spacial score (nSPS) is 20.7. The zero-order chi connectivity index (χ0) is 14.9. The van der Waals surface area contributed by atoms with Crippen LogP contribution in [0.3, 0.4) is 0 Å². The summed E-state index contributed by atoms with van der Waals surface area (Å²) >= 11 is 0. The molecule has 1 heterocycles. The zero-order valence-corrected chi connectivity index (χ0v) is 12.5. The van der Waals surface area contributed by atoms with Crippen LogP contribution in [0.25, 0.3) is 0 Å². The van der Waals surface area contributed by atoms with Crippen molar-refractivity contribution in [3.8, 4) is 0 Å². The molecular formula is C13H20FN3O2S. The quantitative estimate of drug-likeness (QED) is 0.842. The van der Waals surface area contributed by atoms with E-state index < -0.39 is 15.8 Å². The van der Waals surface area contributed by atoms with Crippen molar-refractivity contribution in [2.45, 2.75) is 11.3 Å². The van der Waals surface area contributed by atoms with E-state index in [2.05, 4.69) is 4.90 Å². The van der Waals surface area contributed by atoms with Gasteiger partial charge in [0.05, 0.1) is 10.6 Å². The van der Waals surface area contributed by atoms with Crippen molar-refractivity contribution in [1.82, 2.24) is 9.21 Å². The van der Waals surface area contributed by atoms with Crippen LogP contribution < -0.4 is 5.73 Å². The van der Waals surface area contributed by atoms with Gasteiger partial charge in [-0.2, -0.15) is 0 Å². The zero-order valence-electron chi connectivity index (χ0n) is 11.7. The second kappa shape index (κ2) is 5.67. The highest BCUT2D eigenvalue weighted by molar-refractivity contribution is 7.89. The van der Waals surface area contributed by atoms with Crippen LogP contribution in [-0.4, -0.2) is 51.4 Å². The lowest BCUT2D eigenvalue weighted by atomic mass is 10.1. The second-order valence-corrected chi connectivity index (χ2v) is 7.43. The number of rotatable bonds is 4. The van der Waals surface area contributed by atoms with E-state index in [0.29, 0.717) is 12.5 Å². The van der Waals surface area contributed by atoms with Gasteiger partial charge in [-0.15, -0.1) is 0 Å². The molecule has 112 valence electrons. The number of hydrogen-bond acceptors (Lipinski definition) is 4. The van der Waals surface area contributed by atoms with Gasteiger partial charge < -0.3 is 10.6 Å². The molecule has 1 aromatic carbocycles. The van der Waals surface area contributed by atoms with Crippen molar-refractivity contribution in [1.29, 1.82) is 0 Å². The molecule has 2 rings (SSSR count). The fourth-order valence-electron chi connectivity index (χ4n) is 2.49. The van der Waals surface area contributed by atoms with E-state index in [1.807, 2.05) is 7.05 Å². The van der Waals surface area contributed by atoms with Gasteiger partial charge in [-0.25, -0.2) is 17.1 Å². The second-order valence-electron chi connectivity index (χ2n) is 5.39. The lowest BCUT2D eigenvalue weighted by Gasteiger charge is -2.21. The molecule has 0 radical (unpaired) electrons. The van der Waals surface area contributed by atoms with Crippen LogP contribution in [-0.2, 0) is 10.0 Å².